The second-order valence-corrected chi connectivity index (χ2v) is 6.05. The van der Waals surface area contributed by atoms with Crippen molar-refractivity contribution in [2.75, 3.05) is 7.11 Å². The maximum Gasteiger partial charge on any atom is 0.408 e. The lowest BCUT2D eigenvalue weighted by molar-refractivity contribution is -0.143. The summed E-state index contributed by atoms with van der Waals surface area (Å²) in [5.74, 6) is -0.471. The van der Waals surface area contributed by atoms with Crippen molar-refractivity contribution in [3.05, 3.63) is 35.9 Å². The van der Waals surface area contributed by atoms with Crippen molar-refractivity contribution in [1.29, 1.82) is 0 Å². The standard InChI is InChI=1S/C16H23NO4/c1-16(2,3)10-13(14(18)20-4)17-15(19)21-11-12-8-6-5-7-9-12/h5-9,13H,10-11H2,1-4H3,(H,17,19)/t13-/m0/s1. The maximum absolute atomic E-state index is 11.8. The number of carbonyl (C=O) groups excluding carboxylic acids is 2. The third-order valence-electron chi connectivity index (χ3n) is 2.81. The smallest absolute Gasteiger partial charge is 0.408 e. The van der Waals surface area contributed by atoms with Crippen LogP contribution in [0.5, 0.6) is 0 Å². The van der Waals surface area contributed by atoms with Crippen molar-refractivity contribution in [1.82, 2.24) is 5.32 Å². The fraction of sp³-hybridized carbons (Fsp3) is 0.500. The van der Waals surface area contributed by atoms with Gasteiger partial charge in [-0.1, -0.05) is 51.1 Å². The number of carbonyl (C=O) groups is 2. The summed E-state index contributed by atoms with van der Waals surface area (Å²) in [6.45, 7) is 6.12. The van der Waals surface area contributed by atoms with Gasteiger partial charge in [-0.15, -0.1) is 0 Å². The average Bonchev–Trinajstić information content (AvgIpc) is 2.43. The highest BCUT2D eigenvalue weighted by Crippen LogP contribution is 2.21. The first-order valence-electron chi connectivity index (χ1n) is 6.87. The molecule has 1 aromatic rings. The number of rotatable bonds is 5. The molecule has 1 rings (SSSR count). The molecule has 1 atom stereocenters. The molecule has 0 aromatic heterocycles. The highest BCUT2D eigenvalue weighted by Gasteiger charge is 2.27. The monoisotopic (exact) mass is 293 g/mol. The van der Waals surface area contributed by atoms with E-state index in [0.29, 0.717) is 6.42 Å². The number of hydrogen-bond donors (Lipinski definition) is 1. The zero-order valence-electron chi connectivity index (χ0n) is 13.0. The molecule has 21 heavy (non-hydrogen) atoms. The SMILES string of the molecule is COC(=O)[C@H](CC(C)(C)C)NC(=O)OCc1ccccc1. The minimum Gasteiger partial charge on any atom is -0.467 e. The van der Waals surface area contributed by atoms with Crippen LogP contribution in [0, 0.1) is 5.41 Å². The molecule has 0 saturated carbocycles. The van der Waals surface area contributed by atoms with Crippen LogP contribution in [0.2, 0.25) is 0 Å². The predicted octanol–water partition coefficient (Wildman–Crippen LogP) is 2.89. The van der Waals surface area contributed by atoms with Gasteiger partial charge < -0.3 is 14.8 Å². The summed E-state index contributed by atoms with van der Waals surface area (Å²) < 4.78 is 9.82. The van der Waals surface area contributed by atoms with Crippen LogP contribution in [0.3, 0.4) is 0 Å². The van der Waals surface area contributed by atoms with Crippen LogP contribution in [0.1, 0.15) is 32.8 Å². The number of nitrogens with one attached hydrogen (secondary N) is 1. The van der Waals surface area contributed by atoms with E-state index >= 15 is 0 Å². The molecule has 0 radical (unpaired) electrons. The van der Waals surface area contributed by atoms with Gasteiger partial charge in [-0.3, -0.25) is 0 Å². The molecule has 0 aliphatic carbocycles. The van der Waals surface area contributed by atoms with E-state index in [2.05, 4.69) is 5.32 Å². The molecule has 0 bridgehead atoms. The van der Waals surface area contributed by atoms with Gasteiger partial charge in [0.1, 0.15) is 12.6 Å². The van der Waals surface area contributed by atoms with Gasteiger partial charge in [0, 0.05) is 0 Å². The number of ether oxygens (including phenoxy) is 2. The third-order valence-corrected chi connectivity index (χ3v) is 2.81. The molecule has 1 amide bonds. The largest absolute Gasteiger partial charge is 0.467 e. The average molecular weight is 293 g/mol. The zero-order valence-corrected chi connectivity index (χ0v) is 13.0. The fourth-order valence-corrected chi connectivity index (χ4v) is 1.85. The van der Waals surface area contributed by atoms with Crippen molar-refractivity contribution in [2.45, 2.75) is 39.8 Å². The minimum atomic E-state index is -0.710. The Balaban J connectivity index is 2.54. The molecule has 0 unspecified atom stereocenters. The van der Waals surface area contributed by atoms with Gasteiger partial charge in [-0.05, 0) is 17.4 Å². The number of benzene rings is 1. The molecule has 0 aliphatic rings. The van der Waals surface area contributed by atoms with Gasteiger partial charge in [-0.25, -0.2) is 9.59 Å². The zero-order chi connectivity index (χ0) is 15.9. The topological polar surface area (TPSA) is 64.6 Å². The molecule has 1 aromatic carbocycles. The lowest BCUT2D eigenvalue weighted by atomic mass is 9.88. The number of hydrogen-bond acceptors (Lipinski definition) is 4. The Morgan fingerprint density at radius 1 is 1.19 bits per heavy atom. The van der Waals surface area contributed by atoms with Crippen molar-refractivity contribution in [3.63, 3.8) is 0 Å². The molecule has 0 saturated heterocycles. The van der Waals surface area contributed by atoms with E-state index in [1.165, 1.54) is 7.11 Å². The first-order valence-corrected chi connectivity index (χ1v) is 6.87. The Bertz CT molecular complexity index is 465. The van der Waals surface area contributed by atoms with Gasteiger partial charge in [0.25, 0.3) is 0 Å². The van der Waals surface area contributed by atoms with Crippen LogP contribution in [-0.2, 0) is 20.9 Å². The van der Waals surface area contributed by atoms with E-state index < -0.39 is 18.1 Å². The first kappa shape index (κ1) is 17.0. The van der Waals surface area contributed by atoms with Gasteiger partial charge in [0.05, 0.1) is 7.11 Å². The second-order valence-electron chi connectivity index (χ2n) is 6.05. The van der Waals surface area contributed by atoms with Gasteiger partial charge in [-0.2, -0.15) is 0 Å². The second kappa shape index (κ2) is 7.67. The molecule has 116 valence electrons. The van der Waals surface area contributed by atoms with Gasteiger partial charge in [0.15, 0.2) is 0 Å². The Kier molecular flexibility index (Phi) is 6.21. The third kappa shape index (κ3) is 6.79. The lowest BCUT2D eigenvalue weighted by Crippen LogP contribution is -2.43. The van der Waals surface area contributed by atoms with Crippen molar-refractivity contribution in [3.8, 4) is 0 Å². The summed E-state index contributed by atoms with van der Waals surface area (Å²) in [7, 11) is 1.30. The molecule has 0 heterocycles. The molecule has 0 aliphatic heterocycles. The van der Waals surface area contributed by atoms with E-state index in [1.54, 1.807) is 0 Å². The van der Waals surface area contributed by atoms with Crippen molar-refractivity contribution < 1.29 is 19.1 Å². The lowest BCUT2D eigenvalue weighted by Gasteiger charge is -2.24. The number of methoxy groups -OCH3 is 1. The summed E-state index contributed by atoms with van der Waals surface area (Å²) in [4.78, 5) is 23.5. The predicted molar refractivity (Wildman–Crippen MR) is 79.6 cm³/mol. The number of esters is 1. The fourth-order valence-electron chi connectivity index (χ4n) is 1.85. The summed E-state index contributed by atoms with van der Waals surface area (Å²) in [5, 5.41) is 2.56. The van der Waals surface area contributed by atoms with Crippen molar-refractivity contribution >= 4 is 12.1 Å². The Labute approximate surface area is 125 Å². The molecular weight excluding hydrogens is 270 g/mol. The van der Waals surface area contributed by atoms with E-state index in [1.807, 2.05) is 51.1 Å². The summed E-state index contributed by atoms with van der Waals surface area (Å²) in [5.41, 5.74) is 0.768. The Hall–Kier alpha value is -2.04. The minimum absolute atomic E-state index is 0.119. The summed E-state index contributed by atoms with van der Waals surface area (Å²) in [6, 6.07) is 8.64. The van der Waals surface area contributed by atoms with E-state index in [0.717, 1.165) is 5.56 Å². The van der Waals surface area contributed by atoms with Crippen LogP contribution in [-0.4, -0.2) is 25.2 Å². The maximum atomic E-state index is 11.8. The van der Waals surface area contributed by atoms with Crippen LogP contribution >= 0.6 is 0 Å². The Morgan fingerprint density at radius 3 is 2.33 bits per heavy atom. The van der Waals surface area contributed by atoms with E-state index in [-0.39, 0.29) is 12.0 Å². The molecule has 5 nitrogen and oxygen atoms in total. The van der Waals surface area contributed by atoms with Crippen LogP contribution in [0.25, 0.3) is 0 Å². The van der Waals surface area contributed by atoms with Crippen LogP contribution in [0.4, 0.5) is 4.79 Å². The highest BCUT2D eigenvalue weighted by molar-refractivity contribution is 5.81. The quantitative estimate of drug-likeness (QED) is 0.848. The normalized spacial score (nSPS) is 12.4. The van der Waals surface area contributed by atoms with Gasteiger partial charge >= 0.3 is 12.1 Å². The van der Waals surface area contributed by atoms with Crippen LogP contribution < -0.4 is 5.32 Å². The number of alkyl carbamates (subject to hydrolysis) is 1. The molecular formula is C16H23NO4. The van der Waals surface area contributed by atoms with Crippen LogP contribution in [0.15, 0.2) is 30.3 Å². The molecule has 0 fully saturated rings. The summed E-state index contributed by atoms with van der Waals surface area (Å²) >= 11 is 0. The van der Waals surface area contributed by atoms with E-state index in [4.69, 9.17) is 9.47 Å². The van der Waals surface area contributed by atoms with Crippen molar-refractivity contribution in [2.24, 2.45) is 5.41 Å². The molecule has 5 heteroatoms. The van der Waals surface area contributed by atoms with E-state index in [9.17, 15) is 9.59 Å². The van der Waals surface area contributed by atoms with Gasteiger partial charge in [0.2, 0.25) is 0 Å². The molecule has 1 N–H and O–H groups in total. The highest BCUT2D eigenvalue weighted by atomic mass is 16.6. The molecule has 0 spiro atoms. The number of amides is 1. The Morgan fingerprint density at radius 2 is 1.81 bits per heavy atom. The summed E-state index contributed by atoms with van der Waals surface area (Å²) in [6.07, 6.45) is -0.154. The first-order chi connectivity index (χ1) is 9.81.